The molecule has 0 fully saturated rings. The number of hydrogen-bond donors (Lipinski definition) is 1. The second kappa shape index (κ2) is 7.25. The van der Waals surface area contributed by atoms with Crippen LogP contribution in [0.25, 0.3) is 27.4 Å². The van der Waals surface area contributed by atoms with Crippen LogP contribution < -0.4 is 5.56 Å². The number of fused-ring (bicyclic) bond motifs is 2. The zero-order chi connectivity index (χ0) is 20.5. The van der Waals surface area contributed by atoms with Crippen LogP contribution in [0.4, 0.5) is 5.69 Å². The van der Waals surface area contributed by atoms with Crippen molar-refractivity contribution in [3.8, 4) is 11.7 Å². The Morgan fingerprint density at radius 1 is 0.867 bits per heavy atom. The van der Waals surface area contributed by atoms with Gasteiger partial charge >= 0.3 is 0 Å². The van der Waals surface area contributed by atoms with E-state index in [4.69, 9.17) is 0 Å². The van der Waals surface area contributed by atoms with Crippen molar-refractivity contribution in [1.82, 2.24) is 14.5 Å². The van der Waals surface area contributed by atoms with Gasteiger partial charge in [-0.15, -0.1) is 0 Å². The van der Waals surface area contributed by atoms with Crippen molar-refractivity contribution >= 4 is 33.4 Å². The van der Waals surface area contributed by atoms with E-state index >= 15 is 0 Å². The van der Waals surface area contributed by atoms with Crippen molar-refractivity contribution in [2.45, 2.75) is 0 Å². The molecule has 6 nitrogen and oxygen atoms in total. The predicted molar refractivity (Wildman–Crippen MR) is 118 cm³/mol. The molecule has 0 aliphatic heterocycles. The largest absolute Gasteiger partial charge is 0.494 e. The van der Waals surface area contributed by atoms with Crippen LogP contribution in [0.1, 0.15) is 5.56 Å². The first kappa shape index (κ1) is 17.8. The van der Waals surface area contributed by atoms with Crippen LogP contribution >= 0.6 is 0 Å². The molecule has 0 bridgehead atoms. The molecule has 144 valence electrons. The third-order valence-electron chi connectivity index (χ3n) is 4.97. The fraction of sp³-hybridized carbons (Fsp3) is 0. The lowest BCUT2D eigenvalue weighted by molar-refractivity contribution is 0.435. The number of aromatic hydroxyl groups is 1. The van der Waals surface area contributed by atoms with E-state index in [9.17, 15) is 9.90 Å². The topological polar surface area (TPSA) is 80.4 Å². The maximum atomic E-state index is 13.1. The second-order valence-corrected chi connectivity index (χ2v) is 6.74. The molecule has 3 heterocycles. The lowest BCUT2D eigenvalue weighted by atomic mass is 10.1. The Labute approximate surface area is 171 Å². The van der Waals surface area contributed by atoms with Gasteiger partial charge in [-0.2, -0.15) is 0 Å². The molecular weight excluding hydrogens is 376 g/mol. The van der Waals surface area contributed by atoms with Crippen LogP contribution in [0.15, 0.2) is 95.1 Å². The van der Waals surface area contributed by atoms with Crippen molar-refractivity contribution < 1.29 is 5.11 Å². The summed E-state index contributed by atoms with van der Waals surface area (Å²) in [5.74, 6) is 0.139. The molecule has 0 atom stereocenters. The molecule has 2 aromatic carbocycles. The normalized spacial score (nSPS) is 11.5. The quantitative estimate of drug-likeness (QED) is 0.462. The average Bonchev–Trinajstić information content (AvgIpc) is 2.80. The third kappa shape index (κ3) is 2.91. The van der Waals surface area contributed by atoms with E-state index in [1.165, 1.54) is 4.57 Å². The third-order valence-corrected chi connectivity index (χ3v) is 4.97. The summed E-state index contributed by atoms with van der Waals surface area (Å²) in [5.41, 5.74) is 0.853. The van der Waals surface area contributed by atoms with E-state index in [2.05, 4.69) is 15.0 Å². The molecule has 6 heteroatoms. The van der Waals surface area contributed by atoms with Crippen molar-refractivity contribution in [3.05, 3.63) is 101 Å². The van der Waals surface area contributed by atoms with Crippen LogP contribution in [0, 0.1) is 0 Å². The summed E-state index contributed by atoms with van der Waals surface area (Å²) < 4.78 is 1.21. The number of nitrogens with zero attached hydrogens (tertiary/aromatic N) is 4. The Hall–Kier alpha value is -4.32. The van der Waals surface area contributed by atoms with Crippen molar-refractivity contribution in [3.63, 3.8) is 0 Å². The Balaban J connectivity index is 1.77. The molecule has 0 saturated heterocycles. The number of rotatable bonds is 3. The molecule has 0 aliphatic rings. The zero-order valence-electron chi connectivity index (χ0n) is 15.8. The highest BCUT2D eigenvalue weighted by molar-refractivity contribution is 6.03. The van der Waals surface area contributed by atoms with Crippen LogP contribution in [0.2, 0.25) is 0 Å². The van der Waals surface area contributed by atoms with E-state index in [0.29, 0.717) is 22.2 Å². The summed E-state index contributed by atoms with van der Waals surface area (Å²) in [7, 11) is 0. The van der Waals surface area contributed by atoms with Gasteiger partial charge in [-0.3, -0.25) is 14.8 Å². The molecule has 0 radical (unpaired) electrons. The molecule has 0 spiro atoms. The molecule has 5 aromatic rings. The first-order valence-corrected chi connectivity index (χ1v) is 9.39. The summed E-state index contributed by atoms with van der Waals surface area (Å²) in [4.78, 5) is 26.1. The first-order chi connectivity index (χ1) is 14.7. The fourth-order valence-corrected chi connectivity index (χ4v) is 3.54. The lowest BCUT2D eigenvalue weighted by Crippen LogP contribution is -2.20. The minimum atomic E-state index is -0.338. The second-order valence-electron chi connectivity index (χ2n) is 6.74. The standard InChI is InChI=1S/C24H16N4O2/c29-23-19-8-2-1-7-18(19)20(24(30)28(23)22-10-3-4-12-26-22)15-27-21-9-5-6-16-14-25-13-11-17(16)21/h1-15,30H. The summed E-state index contributed by atoms with van der Waals surface area (Å²) in [6.45, 7) is 0. The van der Waals surface area contributed by atoms with Gasteiger partial charge in [-0.05, 0) is 30.3 Å². The maximum Gasteiger partial charge on any atom is 0.267 e. The highest BCUT2D eigenvalue weighted by Crippen LogP contribution is 2.28. The summed E-state index contributed by atoms with van der Waals surface area (Å²) in [6.07, 6.45) is 6.66. The van der Waals surface area contributed by atoms with Gasteiger partial charge < -0.3 is 5.11 Å². The summed E-state index contributed by atoms with van der Waals surface area (Å²) in [5, 5.41) is 14.1. The molecule has 30 heavy (non-hydrogen) atoms. The predicted octanol–water partition coefficient (Wildman–Crippen LogP) is 4.39. The number of benzene rings is 2. The Kier molecular flexibility index (Phi) is 4.29. The van der Waals surface area contributed by atoms with Gasteiger partial charge in [0.1, 0.15) is 5.82 Å². The van der Waals surface area contributed by atoms with Gasteiger partial charge in [0.25, 0.3) is 5.56 Å². The molecule has 0 saturated carbocycles. The number of aliphatic imine (C=N–C) groups is 1. The minimum Gasteiger partial charge on any atom is -0.494 e. The van der Waals surface area contributed by atoms with Gasteiger partial charge in [0.15, 0.2) is 0 Å². The van der Waals surface area contributed by atoms with E-state index in [-0.39, 0.29) is 11.4 Å². The van der Waals surface area contributed by atoms with Crippen molar-refractivity contribution in [2.75, 3.05) is 0 Å². The molecule has 1 N–H and O–H groups in total. The van der Waals surface area contributed by atoms with E-state index in [1.54, 1.807) is 61.2 Å². The molecule has 0 unspecified atom stereocenters. The smallest absolute Gasteiger partial charge is 0.267 e. The molecule has 5 rings (SSSR count). The highest BCUT2D eigenvalue weighted by atomic mass is 16.3. The zero-order valence-corrected chi connectivity index (χ0v) is 15.8. The van der Waals surface area contributed by atoms with Crippen LogP contribution in [0.3, 0.4) is 0 Å². The summed E-state index contributed by atoms with van der Waals surface area (Å²) in [6, 6.07) is 20.0. The number of pyridine rings is 3. The maximum absolute atomic E-state index is 13.1. The van der Waals surface area contributed by atoms with Gasteiger partial charge in [0, 0.05) is 46.4 Å². The molecular formula is C24H16N4O2. The molecule has 0 aliphatic carbocycles. The Morgan fingerprint density at radius 3 is 2.53 bits per heavy atom. The number of aromatic nitrogens is 3. The average molecular weight is 392 g/mol. The Morgan fingerprint density at radius 2 is 1.70 bits per heavy atom. The van der Waals surface area contributed by atoms with Crippen LogP contribution in [0.5, 0.6) is 5.88 Å². The SMILES string of the molecule is O=c1c2ccccc2c(C=Nc2cccc3cnccc23)c(O)n1-c1ccccn1. The molecule has 0 amide bonds. The van der Waals surface area contributed by atoms with E-state index in [0.717, 1.165) is 16.5 Å². The van der Waals surface area contributed by atoms with E-state index in [1.807, 2.05) is 30.3 Å². The monoisotopic (exact) mass is 392 g/mol. The van der Waals surface area contributed by atoms with Gasteiger partial charge in [-0.1, -0.05) is 36.4 Å². The first-order valence-electron chi connectivity index (χ1n) is 9.39. The lowest BCUT2D eigenvalue weighted by Gasteiger charge is -2.12. The van der Waals surface area contributed by atoms with Crippen molar-refractivity contribution in [1.29, 1.82) is 0 Å². The summed E-state index contributed by atoms with van der Waals surface area (Å²) >= 11 is 0. The van der Waals surface area contributed by atoms with Gasteiger partial charge in [-0.25, -0.2) is 9.55 Å². The van der Waals surface area contributed by atoms with Gasteiger partial charge in [0.2, 0.25) is 5.88 Å². The Bertz CT molecular complexity index is 1470. The van der Waals surface area contributed by atoms with Crippen molar-refractivity contribution in [2.24, 2.45) is 4.99 Å². The number of hydrogen-bond acceptors (Lipinski definition) is 5. The highest BCUT2D eigenvalue weighted by Gasteiger charge is 2.16. The van der Waals surface area contributed by atoms with Crippen LogP contribution in [-0.2, 0) is 0 Å². The van der Waals surface area contributed by atoms with Gasteiger partial charge in [0.05, 0.1) is 11.3 Å². The molecule has 3 aromatic heterocycles. The van der Waals surface area contributed by atoms with E-state index < -0.39 is 0 Å². The van der Waals surface area contributed by atoms with Crippen LogP contribution in [-0.4, -0.2) is 25.9 Å². The fourth-order valence-electron chi connectivity index (χ4n) is 3.54. The minimum absolute atomic E-state index is 0.206.